The summed E-state index contributed by atoms with van der Waals surface area (Å²) in [5.74, 6) is 0.743. The first-order chi connectivity index (χ1) is 6.34. The van der Waals surface area contributed by atoms with Crippen LogP contribution in [-0.4, -0.2) is 23.4 Å². The summed E-state index contributed by atoms with van der Waals surface area (Å²) >= 11 is 0. The third kappa shape index (κ3) is 1.38. The van der Waals surface area contributed by atoms with Gasteiger partial charge in [-0.3, -0.25) is 4.79 Å². The maximum absolute atomic E-state index is 11.6. The largest absolute Gasteiger partial charge is 0.339 e. The normalized spacial score (nSPS) is 35.8. The van der Waals surface area contributed by atoms with Gasteiger partial charge in [0.2, 0.25) is 5.91 Å². The van der Waals surface area contributed by atoms with E-state index in [1.54, 1.807) is 0 Å². The van der Waals surface area contributed by atoms with E-state index in [0.29, 0.717) is 17.9 Å². The van der Waals surface area contributed by atoms with E-state index in [1.807, 2.05) is 4.90 Å². The van der Waals surface area contributed by atoms with Crippen molar-refractivity contribution in [3.63, 3.8) is 0 Å². The van der Waals surface area contributed by atoms with Crippen LogP contribution in [0.3, 0.4) is 0 Å². The van der Waals surface area contributed by atoms with Crippen LogP contribution in [0, 0.1) is 5.92 Å². The van der Waals surface area contributed by atoms with Crippen LogP contribution >= 0.6 is 0 Å². The molecule has 1 fully saturated rings. The number of β-lactam (4-membered cyclic amide) rings is 1. The first-order valence-electron chi connectivity index (χ1n) is 5.30. The number of carbonyl (C=O) groups excluding carboxylic acids is 1. The number of hydrogen-bond acceptors (Lipinski definition) is 1. The van der Waals surface area contributed by atoms with E-state index in [4.69, 9.17) is 0 Å². The van der Waals surface area contributed by atoms with Crippen molar-refractivity contribution in [3.05, 3.63) is 12.2 Å². The van der Waals surface area contributed by atoms with Gasteiger partial charge in [-0.1, -0.05) is 12.2 Å². The van der Waals surface area contributed by atoms with E-state index in [-0.39, 0.29) is 0 Å². The van der Waals surface area contributed by atoms with Gasteiger partial charge in [0, 0.05) is 12.6 Å². The zero-order chi connectivity index (χ0) is 9.26. The molecule has 0 N–H and O–H groups in total. The van der Waals surface area contributed by atoms with E-state index < -0.39 is 0 Å². The summed E-state index contributed by atoms with van der Waals surface area (Å²) in [5.41, 5.74) is 0. The van der Waals surface area contributed by atoms with Crippen LogP contribution < -0.4 is 0 Å². The molecule has 1 amide bonds. The lowest BCUT2D eigenvalue weighted by atomic mass is 9.80. The molecular weight excluding hydrogens is 162 g/mol. The average Bonchev–Trinajstić information content (AvgIpc) is 2.09. The maximum Gasteiger partial charge on any atom is 0.228 e. The van der Waals surface area contributed by atoms with Gasteiger partial charge in [0.15, 0.2) is 0 Å². The third-order valence-corrected chi connectivity index (χ3v) is 3.25. The molecule has 1 saturated heterocycles. The fourth-order valence-corrected chi connectivity index (χ4v) is 2.52. The fourth-order valence-electron chi connectivity index (χ4n) is 2.52. The lowest BCUT2D eigenvalue weighted by Gasteiger charge is -2.47. The molecule has 0 radical (unpaired) electrons. The lowest BCUT2D eigenvalue weighted by molar-refractivity contribution is -0.156. The highest BCUT2D eigenvalue weighted by atomic mass is 16.2. The number of rotatable bonds is 1. The van der Waals surface area contributed by atoms with Crippen LogP contribution in [0.2, 0.25) is 0 Å². The minimum atomic E-state index is 0.352. The van der Waals surface area contributed by atoms with Crippen molar-refractivity contribution in [1.29, 1.82) is 0 Å². The molecule has 0 spiro atoms. The lowest BCUT2D eigenvalue weighted by Crippen LogP contribution is -2.60. The quantitative estimate of drug-likeness (QED) is 0.445. The predicted octanol–water partition coefficient (Wildman–Crippen LogP) is 1.96. The van der Waals surface area contributed by atoms with E-state index in [9.17, 15) is 4.79 Å². The third-order valence-electron chi connectivity index (χ3n) is 3.25. The second kappa shape index (κ2) is 3.52. The molecule has 2 atom stereocenters. The molecule has 1 aliphatic carbocycles. The van der Waals surface area contributed by atoms with Crippen LogP contribution in [0.5, 0.6) is 0 Å². The van der Waals surface area contributed by atoms with Gasteiger partial charge in [-0.2, -0.15) is 0 Å². The van der Waals surface area contributed by atoms with Crippen molar-refractivity contribution in [3.8, 4) is 0 Å². The summed E-state index contributed by atoms with van der Waals surface area (Å²) in [6, 6.07) is 0.558. The number of likely N-dealkylation sites (tertiary alicyclic amines) is 1. The van der Waals surface area contributed by atoms with Gasteiger partial charge in [-0.05, 0) is 32.6 Å². The second-order valence-electron chi connectivity index (χ2n) is 3.92. The molecule has 2 rings (SSSR count). The van der Waals surface area contributed by atoms with Gasteiger partial charge in [0.1, 0.15) is 0 Å². The van der Waals surface area contributed by atoms with Crippen molar-refractivity contribution in [1.82, 2.24) is 4.90 Å². The Bertz CT molecular complexity index is 234. The van der Waals surface area contributed by atoms with Crippen LogP contribution in [0.15, 0.2) is 12.2 Å². The van der Waals surface area contributed by atoms with Gasteiger partial charge in [0.25, 0.3) is 0 Å². The minimum absolute atomic E-state index is 0.352. The zero-order valence-corrected chi connectivity index (χ0v) is 8.20. The van der Waals surface area contributed by atoms with Crippen LogP contribution in [-0.2, 0) is 4.79 Å². The molecule has 2 nitrogen and oxygen atoms in total. The summed E-state index contributed by atoms with van der Waals surface area (Å²) in [4.78, 5) is 13.6. The molecule has 0 aromatic carbocycles. The highest BCUT2D eigenvalue weighted by molar-refractivity contribution is 5.86. The number of nitrogens with zero attached hydrogens (tertiary/aromatic N) is 1. The Kier molecular flexibility index (Phi) is 2.38. The van der Waals surface area contributed by atoms with E-state index in [0.717, 1.165) is 25.8 Å². The van der Waals surface area contributed by atoms with E-state index in [2.05, 4.69) is 19.1 Å². The van der Waals surface area contributed by atoms with E-state index in [1.165, 1.54) is 6.42 Å². The standard InChI is InChI=1S/C11H17NO/c1-2-12-10-8-6-4-3-5-7-9(10)11(12)13/h3-4,9-10H,2,5-8H2,1H3/b4-3+. The summed E-state index contributed by atoms with van der Waals surface area (Å²) in [6.45, 7) is 2.96. The van der Waals surface area contributed by atoms with Gasteiger partial charge >= 0.3 is 0 Å². The molecule has 0 saturated carbocycles. The Hall–Kier alpha value is -0.790. The Morgan fingerprint density at radius 2 is 2.08 bits per heavy atom. The summed E-state index contributed by atoms with van der Waals surface area (Å²) in [6.07, 6.45) is 8.94. The van der Waals surface area contributed by atoms with Crippen molar-refractivity contribution >= 4 is 5.91 Å². The number of carbonyl (C=O) groups is 1. The molecule has 1 aliphatic heterocycles. The molecule has 72 valence electrons. The van der Waals surface area contributed by atoms with Crippen LogP contribution in [0.4, 0.5) is 0 Å². The van der Waals surface area contributed by atoms with Gasteiger partial charge < -0.3 is 4.90 Å². The molecule has 2 heteroatoms. The van der Waals surface area contributed by atoms with Crippen LogP contribution in [0.1, 0.15) is 32.6 Å². The topological polar surface area (TPSA) is 20.3 Å². The number of hydrogen-bond donors (Lipinski definition) is 0. The van der Waals surface area contributed by atoms with Gasteiger partial charge in [-0.15, -0.1) is 0 Å². The number of amides is 1. The summed E-state index contributed by atoms with van der Waals surface area (Å²) < 4.78 is 0. The minimum Gasteiger partial charge on any atom is -0.339 e. The number of fused-ring (bicyclic) bond motifs is 1. The Labute approximate surface area is 79.6 Å². The molecule has 0 bridgehead atoms. The predicted molar refractivity (Wildman–Crippen MR) is 52.3 cm³/mol. The van der Waals surface area contributed by atoms with Crippen molar-refractivity contribution in [2.24, 2.45) is 5.92 Å². The Morgan fingerprint density at radius 3 is 2.77 bits per heavy atom. The first-order valence-corrected chi connectivity index (χ1v) is 5.30. The van der Waals surface area contributed by atoms with Crippen molar-refractivity contribution < 1.29 is 4.79 Å². The monoisotopic (exact) mass is 179 g/mol. The first kappa shape index (κ1) is 8.79. The molecule has 2 aliphatic rings. The van der Waals surface area contributed by atoms with Crippen molar-refractivity contribution in [2.75, 3.05) is 6.54 Å². The maximum atomic E-state index is 11.6. The smallest absolute Gasteiger partial charge is 0.228 e. The van der Waals surface area contributed by atoms with Gasteiger partial charge in [0.05, 0.1) is 5.92 Å². The zero-order valence-electron chi connectivity index (χ0n) is 8.20. The molecular formula is C11H17NO. The molecule has 2 unspecified atom stereocenters. The van der Waals surface area contributed by atoms with Crippen molar-refractivity contribution in [2.45, 2.75) is 38.6 Å². The van der Waals surface area contributed by atoms with Crippen LogP contribution in [0.25, 0.3) is 0 Å². The highest BCUT2D eigenvalue weighted by Gasteiger charge is 2.44. The van der Waals surface area contributed by atoms with E-state index >= 15 is 0 Å². The highest BCUT2D eigenvalue weighted by Crippen LogP contribution is 2.34. The molecule has 0 aromatic heterocycles. The molecule has 0 aromatic rings. The Morgan fingerprint density at radius 1 is 1.38 bits per heavy atom. The van der Waals surface area contributed by atoms with Gasteiger partial charge in [-0.25, -0.2) is 0 Å². The summed E-state index contributed by atoms with van der Waals surface area (Å²) in [7, 11) is 0. The Balaban J connectivity index is 2.04. The average molecular weight is 179 g/mol. The molecule has 1 heterocycles. The fraction of sp³-hybridized carbons (Fsp3) is 0.727. The summed E-state index contributed by atoms with van der Waals surface area (Å²) in [5, 5.41) is 0. The number of allylic oxidation sites excluding steroid dienone is 2. The molecule has 13 heavy (non-hydrogen) atoms. The SMILES string of the molecule is CCN1C(=O)C2CC/C=C/CCC21. The second-order valence-corrected chi connectivity index (χ2v) is 3.92.